The van der Waals surface area contributed by atoms with Gasteiger partial charge in [-0.25, -0.2) is 0 Å². The molecule has 0 saturated heterocycles. The van der Waals surface area contributed by atoms with Crippen LogP contribution in [0, 0.1) is 5.92 Å². The van der Waals surface area contributed by atoms with E-state index in [0.717, 1.165) is 23.3 Å². The third-order valence-electron chi connectivity index (χ3n) is 5.22. The van der Waals surface area contributed by atoms with Gasteiger partial charge in [0.05, 0.1) is 0 Å². The van der Waals surface area contributed by atoms with Gasteiger partial charge in [0.25, 0.3) is 0 Å². The van der Waals surface area contributed by atoms with E-state index in [0.29, 0.717) is 0 Å². The minimum Gasteiger partial charge on any atom is -0.311 e. The lowest BCUT2D eigenvalue weighted by atomic mass is 9.93. The molecule has 4 unspecified atom stereocenters. The topological polar surface area (TPSA) is 12.0 Å². The molecule has 0 aliphatic heterocycles. The average Bonchev–Trinajstić information content (AvgIpc) is 2.65. The predicted octanol–water partition coefficient (Wildman–Crippen LogP) is 5.00. The predicted molar refractivity (Wildman–Crippen MR) is 88.0 cm³/mol. The van der Waals surface area contributed by atoms with Gasteiger partial charge < -0.3 is 5.32 Å². The second-order valence-corrected chi connectivity index (χ2v) is 7.89. The first-order valence-electron chi connectivity index (χ1n) is 8.60. The molecule has 2 aliphatic rings. The molecule has 19 heavy (non-hydrogen) atoms. The highest BCUT2D eigenvalue weighted by Gasteiger charge is 2.25. The van der Waals surface area contributed by atoms with Crippen molar-refractivity contribution in [2.75, 3.05) is 6.26 Å². The van der Waals surface area contributed by atoms with Crippen LogP contribution in [-0.4, -0.2) is 23.6 Å². The molecule has 0 heterocycles. The first kappa shape index (κ1) is 15.7. The van der Waals surface area contributed by atoms with Crippen LogP contribution in [0.1, 0.15) is 77.6 Å². The molecule has 112 valence electrons. The number of hydrogen-bond donors (Lipinski definition) is 1. The molecular weight excluding hydrogens is 250 g/mol. The van der Waals surface area contributed by atoms with E-state index < -0.39 is 0 Å². The van der Waals surface area contributed by atoms with Crippen LogP contribution in [0.2, 0.25) is 0 Å². The lowest BCUT2D eigenvalue weighted by Crippen LogP contribution is -2.41. The molecule has 2 rings (SSSR count). The van der Waals surface area contributed by atoms with E-state index >= 15 is 0 Å². The number of thioether (sulfide) groups is 1. The van der Waals surface area contributed by atoms with Gasteiger partial charge in [-0.3, -0.25) is 0 Å². The summed E-state index contributed by atoms with van der Waals surface area (Å²) in [6.07, 6.45) is 18.1. The molecule has 0 bridgehead atoms. The van der Waals surface area contributed by atoms with E-state index in [-0.39, 0.29) is 0 Å². The minimum absolute atomic E-state index is 0.818. The SMILES string of the molecule is CCCC1CCCC(NC2CCCC(SC)C2)CC1. The number of hydrogen-bond acceptors (Lipinski definition) is 2. The highest BCUT2D eigenvalue weighted by atomic mass is 32.2. The zero-order valence-electron chi connectivity index (χ0n) is 13.0. The maximum Gasteiger partial charge on any atom is 0.00801 e. The Morgan fingerprint density at radius 1 is 0.947 bits per heavy atom. The van der Waals surface area contributed by atoms with Crippen LogP contribution >= 0.6 is 11.8 Å². The van der Waals surface area contributed by atoms with Crippen LogP contribution in [-0.2, 0) is 0 Å². The number of nitrogens with one attached hydrogen (secondary N) is 1. The van der Waals surface area contributed by atoms with Gasteiger partial charge in [-0.15, -0.1) is 0 Å². The van der Waals surface area contributed by atoms with Gasteiger partial charge in [0, 0.05) is 17.3 Å². The van der Waals surface area contributed by atoms with Gasteiger partial charge in [-0.2, -0.15) is 11.8 Å². The Bertz CT molecular complexity index is 243. The smallest absolute Gasteiger partial charge is 0.00801 e. The van der Waals surface area contributed by atoms with Crippen LogP contribution in [0.25, 0.3) is 0 Å². The summed E-state index contributed by atoms with van der Waals surface area (Å²) in [6, 6.07) is 1.64. The maximum absolute atomic E-state index is 4.01. The molecule has 0 aromatic carbocycles. The van der Waals surface area contributed by atoms with Crippen LogP contribution in [0.4, 0.5) is 0 Å². The van der Waals surface area contributed by atoms with E-state index in [4.69, 9.17) is 0 Å². The lowest BCUT2D eigenvalue weighted by molar-refractivity contribution is 0.321. The first-order valence-corrected chi connectivity index (χ1v) is 9.89. The minimum atomic E-state index is 0.818. The standard InChI is InChI=1S/C17H33NS/c1-3-6-14-7-4-8-15(12-11-14)18-16-9-5-10-17(13-16)19-2/h14-18H,3-13H2,1-2H3. The van der Waals surface area contributed by atoms with Crippen LogP contribution in [0.15, 0.2) is 0 Å². The van der Waals surface area contributed by atoms with Gasteiger partial charge >= 0.3 is 0 Å². The quantitative estimate of drug-likeness (QED) is 0.713. The summed E-state index contributed by atoms with van der Waals surface area (Å²) in [6.45, 7) is 2.34. The van der Waals surface area contributed by atoms with Crippen LogP contribution in [0.3, 0.4) is 0 Å². The molecule has 0 spiro atoms. The fourth-order valence-electron chi connectivity index (χ4n) is 4.09. The maximum atomic E-state index is 4.01. The molecule has 1 N–H and O–H groups in total. The van der Waals surface area contributed by atoms with Crippen molar-refractivity contribution in [3.8, 4) is 0 Å². The van der Waals surface area contributed by atoms with E-state index in [1.54, 1.807) is 0 Å². The van der Waals surface area contributed by atoms with E-state index in [1.165, 1.54) is 70.6 Å². The molecular formula is C17H33NS. The normalized spacial score (nSPS) is 36.9. The Morgan fingerprint density at radius 3 is 2.53 bits per heavy atom. The Kier molecular flexibility index (Phi) is 7.07. The molecule has 0 radical (unpaired) electrons. The van der Waals surface area contributed by atoms with Crippen molar-refractivity contribution in [2.45, 2.75) is 94.9 Å². The zero-order valence-corrected chi connectivity index (χ0v) is 13.8. The van der Waals surface area contributed by atoms with E-state index in [9.17, 15) is 0 Å². The molecule has 0 amide bonds. The molecule has 2 fully saturated rings. The van der Waals surface area contributed by atoms with Crippen molar-refractivity contribution in [3.63, 3.8) is 0 Å². The molecule has 2 heteroatoms. The van der Waals surface area contributed by atoms with Gasteiger partial charge in [-0.05, 0) is 50.7 Å². The second kappa shape index (κ2) is 8.56. The third-order valence-corrected chi connectivity index (χ3v) is 6.31. The number of rotatable bonds is 5. The van der Waals surface area contributed by atoms with Crippen molar-refractivity contribution in [1.82, 2.24) is 5.32 Å². The van der Waals surface area contributed by atoms with Crippen molar-refractivity contribution in [2.24, 2.45) is 5.92 Å². The summed E-state index contributed by atoms with van der Waals surface area (Å²) in [5.74, 6) is 1.03. The molecule has 0 aromatic heterocycles. The van der Waals surface area contributed by atoms with Crippen LogP contribution < -0.4 is 5.32 Å². The summed E-state index contributed by atoms with van der Waals surface area (Å²) >= 11 is 2.08. The van der Waals surface area contributed by atoms with E-state index in [2.05, 4.69) is 30.3 Å². The molecule has 1 nitrogen and oxygen atoms in total. The zero-order chi connectivity index (χ0) is 13.5. The van der Waals surface area contributed by atoms with Gasteiger partial charge in [0.15, 0.2) is 0 Å². The fraction of sp³-hybridized carbons (Fsp3) is 1.00. The Labute approximate surface area is 124 Å². The molecule has 2 aliphatic carbocycles. The monoisotopic (exact) mass is 283 g/mol. The average molecular weight is 284 g/mol. The third kappa shape index (κ3) is 5.30. The highest BCUT2D eigenvalue weighted by Crippen LogP contribution is 2.30. The first-order chi connectivity index (χ1) is 9.31. The van der Waals surface area contributed by atoms with Crippen molar-refractivity contribution < 1.29 is 0 Å². The van der Waals surface area contributed by atoms with Gasteiger partial charge in [-0.1, -0.05) is 39.0 Å². The summed E-state index contributed by atoms with van der Waals surface area (Å²) in [5, 5.41) is 4.93. The molecule has 0 aromatic rings. The van der Waals surface area contributed by atoms with Crippen LogP contribution in [0.5, 0.6) is 0 Å². The van der Waals surface area contributed by atoms with E-state index in [1.807, 2.05) is 0 Å². The Morgan fingerprint density at radius 2 is 1.74 bits per heavy atom. The Hall–Kier alpha value is 0.310. The molecule has 2 saturated carbocycles. The lowest BCUT2D eigenvalue weighted by Gasteiger charge is -2.32. The fourth-order valence-corrected chi connectivity index (χ4v) is 4.91. The second-order valence-electron chi connectivity index (χ2n) is 6.75. The highest BCUT2D eigenvalue weighted by molar-refractivity contribution is 7.99. The van der Waals surface area contributed by atoms with Crippen molar-refractivity contribution in [1.29, 1.82) is 0 Å². The summed E-state index contributed by atoms with van der Waals surface area (Å²) in [7, 11) is 0. The summed E-state index contributed by atoms with van der Waals surface area (Å²) < 4.78 is 0. The summed E-state index contributed by atoms with van der Waals surface area (Å²) in [4.78, 5) is 0. The van der Waals surface area contributed by atoms with Crippen molar-refractivity contribution in [3.05, 3.63) is 0 Å². The summed E-state index contributed by atoms with van der Waals surface area (Å²) in [5.41, 5.74) is 0. The van der Waals surface area contributed by atoms with Gasteiger partial charge in [0.2, 0.25) is 0 Å². The van der Waals surface area contributed by atoms with Crippen molar-refractivity contribution >= 4 is 11.8 Å². The molecule has 4 atom stereocenters. The largest absolute Gasteiger partial charge is 0.311 e. The van der Waals surface area contributed by atoms with Gasteiger partial charge in [0.1, 0.15) is 0 Å². The Balaban J connectivity index is 1.73.